The molecule has 0 aliphatic heterocycles. The summed E-state index contributed by atoms with van der Waals surface area (Å²) < 4.78 is 15.4. The highest BCUT2D eigenvalue weighted by molar-refractivity contribution is 5.98. The quantitative estimate of drug-likeness (QED) is 0.772. The van der Waals surface area contributed by atoms with Crippen molar-refractivity contribution in [1.82, 2.24) is 4.73 Å². The predicted molar refractivity (Wildman–Crippen MR) is 86.8 cm³/mol. The summed E-state index contributed by atoms with van der Waals surface area (Å²) >= 11 is 0. The van der Waals surface area contributed by atoms with Gasteiger partial charge in [-0.25, -0.2) is 9.18 Å². The second-order valence-electron chi connectivity index (χ2n) is 5.31. The number of carbonyl (C=O) groups is 2. The van der Waals surface area contributed by atoms with E-state index < -0.39 is 17.8 Å². The van der Waals surface area contributed by atoms with Crippen LogP contribution < -0.4 is 16.3 Å². The number of carbonyl (C=O) groups excluding carboxylic acids is 2. The Morgan fingerprint density at radius 1 is 1.12 bits per heavy atom. The number of hydrogen-bond donors (Lipinski definition) is 2. The SMILES string of the molecule is Cc1cc(C(N)=O)c(F)cc1-c1cn(OC(N)=O)c2ccccc12. The number of nitrogens with zero attached hydrogens (tertiary/aromatic N) is 1. The van der Waals surface area contributed by atoms with Crippen LogP contribution in [-0.2, 0) is 0 Å². The number of amides is 2. The van der Waals surface area contributed by atoms with Crippen LogP contribution >= 0.6 is 0 Å². The van der Waals surface area contributed by atoms with Gasteiger partial charge < -0.3 is 16.3 Å². The van der Waals surface area contributed by atoms with Gasteiger partial charge in [0.1, 0.15) is 5.82 Å². The molecule has 0 saturated heterocycles. The molecule has 7 heteroatoms. The summed E-state index contributed by atoms with van der Waals surface area (Å²) in [5.41, 5.74) is 12.5. The number of nitrogens with two attached hydrogens (primary N) is 2. The summed E-state index contributed by atoms with van der Waals surface area (Å²) in [7, 11) is 0. The number of primary amides is 2. The van der Waals surface area contributed by atoms with Crippen LogP contribution in [0, 0.1) is 12.7 Å². The number of para-hydroxylation sites is 1. The summed E-state index contributed by atoms with van der Waals surface area (Å²) in [6, 6.07) is 9.77. The van der Waals surface area contributed by atoms with Gasteiger partial charge in [0, 0.05) is 10.9 Å². The Morgan fingerprint density at radius 2 is 1.83 bits per heavy atom. The van der Waals surface area contributed by atoms with Crippen LogP contribution in [0.1, 0.15) is 15.9 Å². The van der Waals surface area contributed by atoms with E-state index in [1.54, 1.807) is 25.3 Å². The summed E-state index contributed by atoms with van der Waals surface area (Å²) in [6.45, 7) is 1.74. The normalized spacial score (nSPS) is 10.8. The molecule has 122 valence electrons. The Hall–Kier alpha value is -3.35. The van der Waals surface area contributed by atoms with E-state index in [1.807, 2.05) is 12.1 Å². The molecule has 0 unspecified atom stereocenters. The lowest BCUT2D eigenvalue weighted by Crippen LogP contribution is -2.24. The molecular formula is C17H14FN3O3. The van der Waals surface area contributed by atoms with Crippen molar-refractivity contribution in [1.29, 1.82) is 0 Å². The van der Waals surface area contributed by atoms with Gasteiger partial charge in [0.05, 0.1) is 17.3 Å². The van der Waals surface area contributed by atoms with Crippen LogP contribution in [0.2, 0.25) is 0 Å². The maximum atomic E-state index is 14.2. The zero-order valence-electron chi connectivity index (χ0n) is 12.7. The minimum Gasteiger partial charge on any atom is -0.366 e. The van der Waals surface area contributed by atoms with E-state index in [0.29, 0.717) is 22.2 Å². The highest BCUT2D eigenvalue weighted by Crippen LogP contribution is 2.33. The van der Waals surface area contributed by atoms with Crippen LogP contribution in [-0.4, -0.2) is 16.7 Å². The Balaban J connectivity index is 2.25. The Labute approximate surface area is 136 Å². The highest BCUT2D eigenvalue weighted by Gasteiger charge is 2.17. The first kappa shape index (κ1) is 15.5. The second kappa shape index (κ2) is 5.69. The molecule has 0 fully saturated rings. The van der Waals surface area contributed by atoms with Gasteiger partial charge in [-0.3, -0.25) is 4.79 Å². The average molecular weight is 327 g/mol. The Morgan fingerprint density at radius 3 is 2.50 bits per heavy atom. The van der Waals surface area contributed by atoms with Crippen molar-refractivity contribution >= 4 is 22.9 Å². The molecule has 0 spiro atoms. The molecule has 0 aliphatic carbocycles. The smallest absolute Gasteiger partial charge is 0.366 e. The van der Waals surface area contributed by atoms with E-state index in [4.69, 9.17) is 16.3 Å². The number of halogens is 1. The van der Waals surface area contributed by atoms with Crippen molar-refractivity contribution in [3.8, 4) is 11.1 Å². The lowest BCUT2D eigenvalue weighted by atomic mass is 9.97. The fourth-order valence-electron chi connectivity index (χ4n) is 2.70. The van der Waals surface area contributed by atoms with E-state index in [0.717, 1.165) is 5.39 Å². The number of aryl methyl sites for hydroxylation is 1. The fourth-order valence-corrected chi connectivity index (χ4v) is 2.70. The molecule has 3 aromatic rings. The summed E-state index contributed by atoms with van der Waals surface area (Å²) in [6.07, 6.45) is 0.579. The molecule has 0 saturated carbocycles. The first-order valence-electron chi connectivity index (χ1n) is 7.06. The highest BCUT2D eigenvalue weighted by atomic mass is 19.1. The minimum atomic E-state index is -0.964. The monoisotopic (exact) mass is 327 g/mol. The van der Waals surface area contributed by atoms with Gasteiger partial charge in [0.25, 0.3) is 5.91 Å². The first-order chi connectivity index (χ1) is 11.4. The van der Waals surface area contributed by atoms with E-state index in [1.165, 1.54) is 16.9 Å². The van der Waals surface area contributed by atoms with Gasteiger partial charge >= 0.3 is 6.09 Å². The van der Waals surface area contributed by atoms with Gasteiger partial charge in [-0.2, -0.15) is 4.73 Å². The van der Waals surface area contributed by atoms with Crippen molar-refractivity contribution in [2.24, 2.45) is 11.5 Å². The maximum absolute atomic E-state index is 14.2. The molecule has 1 aromatic heterocycles. The molecule has 2 amide bonds. The molecule has 6 nitrogen and oxygen atoms in total. The zero-order valence-corrected chi connectivity index (χ0v) is 12.7. The van der Waals surface area contributed by atoms with Crippen LogP contribution in [0.5, 0.6) is 0 Å². The first-order valence-corrected chi connectivity index (χ1v) is 7.06. The Kier molecular flexibility index (Phi) is 3.69. The van der Waals surface area contributed by atoms with Crippen LogP contribution in [0.4, 0.5) is 9.18 Å². The molecule has 0 bridgehead atoms. The molecule has 2 aromatic carbocycles. The minimum absolute atomic E-state index is 0.173. The van der Waals surface area contributed by atoms with Crippen molar-refractivity contribution in [3.05, 3.63) is 59.5 Å². The molecule has 24 heavy (non-hydrogen) atoms. The maximum Gasteiger partial charge on any atom is 0.429 e. The Bertz CT molecular complexity index is 979. The van der Waals surface area contributed by atoms with Gasteiger partial charge in [-0.15, -0.1) is 0 Å². The zero-order chi connectivity index (χ0) is 17.4. The van der Waals surface area contributed by atoms with Gasteiger partial charge in [0.15, 0.2) is 0 Å². The fraction of sp³-hybridized carbons (Fsp3) is 0.0588. The molecule has 4 N–H and O–H groups in total. The number of fused-ring (bicyclic) bond motifs is 1. The summed E-state index contributed by atoms with van der Waals surface area (Å²) in [5, 5.41) is 0.744. The lowest BCUT2D eigenvalue weighted by Gasteiger charge is -2.08. The van der Waals surface area contributed by atoms with E-state index in [9.17, 15) is 14.0 Å². The van der Waals surface area contributed by atoms with Gasteiger partial charge in [0.2, 0.25) is 0 Å². The number of hydrogen-bond acceptors (Lipinski definition) is 3. The third-order valence-electron chi connectivity index (χ3n) is 3.74. The molecule has 0 aliphatic rings. The van der Waals surface area contributed by atoms with Crippen molar-refractivity contribution in [2.75, 3.05) is 0 Å². The van der Waals surface area contributed by atoms with Crippen LogP contribution in [0.3, 0.4) is 0 Å². The van der Waals surface area contributed by atoms with Gasteiger partial charge in [-0.05, 0) is 36.2 Å². The lowest BCUT2D eigenvalue weighted by molar-refractivity contribution is 0.0996. The van der Waals surface area contributed by atoms with Crippen molar-refractivity contribution in [3.63, 3.8) is 0 Å². The number of rotatable bonds is 3. The van der Waals surface area contributed by atoms with Crippen LogP contribution in [0.15, 0.2) is 42.6 Å². The van der Waals surface area contributed by atoms with E-state index in [2.05, 4.69) is 0 Å². The largest absolute Gasteiger partial charge is 0.429 e. The predicted octanol–water partition coefficient (Wildman–Crippen LogP) is 2.36. The standard InChI is InChI=1S/C17H14FN3O3/c1-9-6-12(16(19)22)14(18)7-11(9)13-8-21(24-17(20)23)15-5-3-2-4-10(13)15/h2-8H,1H3,(H2,19,22)(H2,20,23). The molecular weight excluding hydrogens is 313 g/mol. The summed E-state index contributed by atoms with van der Waals surface area (Å²) in [5.74, 6) is -1.54. The topological polar surface area (TPSA) is 100 Å². The average Bonchev–Trinajstić information content (AvgIpc) is 2.87. The summed E-state index contributed by atoms with van der Waals surface area (Å²) in [4.78, 5) is 27.3. The van der Waals surface area contributed by atoms with E-state index >= 15 is 0 Å². The molecule has 0 atom stereocenters. The molecule has 3 rings (SSSR count). The number of benzene rings is 2. The molecule has 1 heterocycles. The second-order valence-corrected chi connectivity index (χ2v) is 5.31. The number of aromatic nitrogens is 1. The van der Waals surface area contributed by atoms with E-state index in [-0.39, 0.29) is 5.56 Å². The molecule has 0 radical (unpaired) electrons. The van der Waals surface area contributed by atoms with Gasteiger partial charge in [-0.1, -0.05) is 18.2 Å². The van der Waals surface area contributed by atoms with Crippen molar-refractivity contribution in [2.45, 2.75) is 6.92 Å². The third kappa shape index (κ3) is 2.56. The van der Waals surface area contributed by atoms with Crippen LogP contribution in [0.25, 0.3) is 22.0 Å². The van der Waals surface area contributed by atoms with Crippen molar-refractivity contribution < 1.29 is 18.8 Å². The third-order valence-corrected chi connectivity index (χ3v) is 3.74.